The minimum atomic E-state index is -0.450. The molecule has 27 heteroatoms. The van der Waals surface area contributed by atoms with Crippen LogP contribution in [0.15, 0.2) is 273 Å². The predicted molar refractivity (Wildman–Crippen MR) is 528 cm³/mol. The number of nitrogens with zero attached hydrogens (tertiary/aromatic N) is 5. The molecule has 5 aliphatic heterocycles. The molecule has 5 unspecified atom stereocenters. The van der Waals surface area contributed by atoms with Crippen LogP contribution < -0.4 is 26.6 Å². The highest BCUT2D eigenvalue weighted by molar-refractivity contribution is 7.13. The van der Waals surface area contributed by atoms with Crippen molar-refractivity contribution in [2.75, 3.05) is 26.6 Å². The van der Waals surface area contributed by atoms with Gasteiger partial charge in [0.25, 0.3) is 29.5 Å². The van der Waals surface area contributed by atoms with Gasteiger partial charge >= 0.3 is 0 Å². The lowest BCUT2D eigenvalue weighted by atomic mass is 10.0. The number of carbonyl (C=O) groups is 5. The fraction of sp³-hybridized carbons (Fsp3) is 0.213. The van der Waals surface area contributed by atoms with Crippen LogP contribution in [0.2, 0.25) is 0 Å². The first-order chi connectivity index (χ1) is 65.2. The molecule has 135 heavy (non-hydrogen) atoms. The Morgan fingerprint density at radius 3 is 0.844 bits per heavy atom. The molecule has 5 N–H and O–H groups in total. The number of hydrogen-bond acceptors (Lipinski definition) is 15. The monoisotopic (exact) mass is 1910 g/mol. The standard InChI is InChI=1S/3C22H21FN2OS.2C21H18F2N2OS/c1-3-17-9-11-20(27-17)21-24-19-10-4-14(2)12-18(19)22(26)25(21)13-15-5-7-16(23)8-6-15;1-3-17-9-11-20(27-17)21-24-19-12-14(2)4-10-18(19)22(26)25(21)13-15-5-7-16(23)8-6-15;1-3-17-11-12-19(27-17)21-24-18-6-4-5-14(2)20(18)22(26)25(21)13-15-7-9-16(23)10-8-15;1-2-16-8-10-19(27-16)20-24-18-9-7-15(23)11-17(18)21(26)25(20)12-13-3-5-14(22)6-4-13;1-2-16-8-10-19(27-16)20-24-18-11-15(23)7-9-17(18)21(26)25(20)12-13-3-5-14(22)6-4-13/h3*4-12,21,24H,3,13H2,1-2H3;2*3-11,20,24H,2,12H2,1H3. The summed E-state index contributed by atoms with van der Waals surface area (Å²) in [6, 6.07) is 77.9. The van der Waals surface area contributed by atoms with Crippen LogP contribution in [0.5, 0.6) is 0 Å². The Hall–Kier alpha value is -13.4. The SMILES string of the molecule is CCc1ccc(C2Nc3cc(C)ccc3C(=O)N2Cc2ccc(F)cc2)s1.CCc1ccc(C2Nc3cc(F)ccc3C(=O)N2Cc2ccc(F)cc2)s1.CCc1ccc(C2Nc3ccc(C)cc3C(=O)N2Cc2ccc(F)cc2)s1.CCc1ccc(C2Nc3ccc(F)cc3C(=O)N2Cc2ccc(F)cc2)s1.CCc1ccc(C2Nc3cccc(C)c3C(=O)N2Cc2ccc(F)cc2)s1. The maximum absolute atomic E-state index is 13.7. The number of rotatable bonds is 20. The zero-order valence-corrected chi connectivity index (χ0v) is 79.5. The van der Waals surface area contributed by atoms with Crippen LogP contribution in [-0.2, 0) is 64.8 Å². The molecule has 0 aliphatic carbocycles. The van der Waals surface area contributed by atoms with E-state index in [9.17, 15) is 54.7 Å². The van der Waals surface area contributed by atoms with Gasteiger partial charge in [-0.15, -0.1) is 56.7 Å². The number of carbonyl (C=O) groups excluding carboxylic acids is 5. The molecule has 20 rings (SSSR count). The van der Waals surface area contributed by atoms with E-state index in [4.69, 9.17) is 0 Å². The second-order valence-electron chi connectivity index (χ2n) is 33.3. The van der Waals surface area contributed by atoms with Gasteiger partial charge in [-0.05, 0) is 280 Å². The van der Waals surface area contributed by atoms with Gasteiger partial charge in [-0.25, -0.2) is 30.7 Å². The third kappa shape index (κ3) is 22.0. The minimum absolute atomic E-state index is 0.00243. The lowest BCUT2D eigenvalue weighted by Crippen LogP contribution is -2.42. The Balaban J connectivity index is 0.000000123. The average molecular weight is 1910 g/mol. The average Bonchev–Trinajstić information content (AvgIpc) is 1.69. The third-order valence-corrected chi connectivity index (χ3v) is 30.3. The molecule has 5 aromatic heterocycles. The minimum Gasteiger partial charge on any atom is -0.360 e. The van der Waals surface area contributed by atoms with Crippen molar-refractivity contribution in [1.82, 2.24) is 24.5 Å². The molecule has 0 spiro atoms. The molecule has 0 radical (unpaired) electrons. The van der Waals surface area contributed by atoms with Crippen LogP contribution in [-0.4, -0.2) is 54.0 Å². The molecule has 5 atom stereocenters. The van der Waals surface area contributed by atoms with Crippen LogP contribution in [0.25, 0.3) is 0 Å². The first-order valence-corrected chi connectivity index (χ1v) is 48.8. The highest BCUT2D eigenvalue weighted by Gasteiger charge is 2.41. The van der Waals surface area contributed by atoms with Gasteiger partial charge in [-0.3, -0.25) is 24.0 Å². The molecule has 15 nitrogen and oxygen atoms in total. The molecule has 15 aromatic rings. The van der Waals surface area contributed by atoms with Crippen molar-refractivity contribution >= 4 is 115 Å². The topological polar surface area (TPSA) is 162 Å². The van der Waals surface area contributed by atoms with Crippen molar-refractivity contribution in [3.05, 3.63) is 435 Å². The van der Waals surface area contributed by atoms with Crippen molar-refractivity contribution in [1.29, 1.82) is 0 Å². The van der Waals surface area contributed by atoms with E-state index in [-0.39, 0.29) is 89.1 Å². The number of nitrogens with one attached hydrogen (secondary N) is 5. The van der Waals surface area contributed by atoms with Gasteiger partial charge in [0, 0.05) is 104 Å². The van der Waals surface area contributed by atoms with Crippen LogP contribution in [0.4, 0.5) is 59.2 Å². The molecule has 5 amide bonds. The third-order valence-electron chi connectivity index (χ3n) is 23.9. The van der Waals surface area contributed by atoms with Crippen molar-refractivity contribution in [2.24, 2.45) is 0 Å². The van der Waals surface area contributed by atoms with E-state index in [1.807, 2.05) is 108 Å². The van der Waals surface area contributed by atoms with Crippen LogP contribution in [0.3, 0.4) is 0 Å². The Bertz CT molecular complexity index is 6400. The summed E-state index contributed by atoms with van der Waals surface area (Å²) in [4.78, 5) is 86.8. The van der Waals surface area contributed by atoms with E-state index >= 15 is 0 Å². The Labute approximate surface area is 800 Å². The Morgan fingerprint density at radius 1 is 0.244 bits per heavy atom. The lowest BCUT2D eigenvalue weighted by molar-refractivity contribution is 0.0661. The molecule has 10 aromatic carbocycles. The van der Waals surface area contributed by atoms with Gasteiger partial charge in [-0.1, -0.05) is 125 Å². The van der Waals surface area contributed by atoms with Gasteiger partial charge in [0.05, 0.1) is 33.5 Å². The largest absolute Gasteiger partial charge is 0.360 e. The summed E-state index contributed by atoms with van der Waals surface area (Å²) in [7, 11) is 0. The lowest BCUT2D eigenvalue weighted by Gasteiger charge is -2.38. The van der Waals surface area contributed by atoms with Crippen molar-refractivity contribution < 1.29 is 54.7 Å². The predicted octanol–water partition coefficient (Wildman–Crippen LogP) is 27.3. The second-order valence-corrected chi connectivity index (χ2v) is 39.3. The first-order valence-electron chi connectivity index (χ1n) is 44.7. The number of benzene rings is 10. The number of hydrogen-bond donors (Lipinski definition) is 5. The molecular weight excluding hydrogens is 1810 g/mol. The maximum atomic E-state index is 13.7. The normalized spacial score (nSPS) is 16.2. The summed E-state index contributed by atoms with van der Waals surface area (Å²) in [6.45, 7) is 18.4. The number of amides is 5. The van der Waals surface area contributed by atoms with Gasteiger partial charge in [-0.2, -0.15) is 0 Å². The zero-order chi connectivity index (χ0) is 94.8. The molecule has 0 bridgehead atoms. The molecule has 10 heterocycles. The zero-order valence-electron chi connectivity index (χ0n) is 75.4. The Kier molecular flexibility index (Phi) is 29.8. The first kappa shape index (κ1) is 94.7. The highest BCUT2D eigenvalue weighted by Crippen LogP contribution is 2.45. The summed E-state index contributed by atoms with van der Waals surface area (Å²) in [5.41, 5.74) is 14.0. The summed E-state index contributed by atoms with van der Waals surface area (Å²) in [6.07, 6.45) is 3.29. The van der Waals surface area contributed by atoms with Gasteiger partial charge in [0.2, 0.25) is 0 Å². The fourth-order valence-electron chi connectivity index (χ4n) is 16.6. The van der Waals surface area contributed by atoms with Crippen LogP contribution >= 0.6 is 56.7 Å². The number of fused-ring (bicyclic) bond motifs is 5. The van der Waals surface area contributed by atoms with E-state index in [2.05, 4.69) is 104 Å². The second kappa shape index (κ2) is 42.4. The fourth-order valence-corrected chi connectivity index (χ4v) is 21.7. The summed E-state index contributed by atoms with van der Waals surface area (Å²) in [5, 5.41) is 17.3. The molecule has 690 valence electrons. The summed E-state index contributed by atoms with van der Waals surface area (Å²) >= 11 is 8.43. The van der Waals surface area contributed by atoms with Gasteiger partial charge < -0.3 is 51.1 Å². The number of thiophene rings is 5. The molecule has 0 saturated heterocycles. The number of anilines is 5. The van der Waals surface area contributed by atoms with Gasteiger partial charge in [0.1, 0.15) is 71.5 Å². The van der Waals surface area contributed by atoms with Crippen molar-refractivity contribution in [3.8, 4) is 0 Å². The van der Waals surface area contributed by atoms with Crippen molar-refractivity contribution in [2.45, 2.75) is 151 Å². The summed E-state index contributed by atoms with van der Waals surface area (Å²) < 4.78 is 93.7. The molecule has 0 fully saturated rings. The Morgan fingerprint density at radius 2 is 0.504 bits per heavy atom. The van der Waals surface area contributed by atoms with Crippen LogP contribution in [0.1, 0.15) is 211 Å². The van der Waals surface area contributed by atoms with E-state index in [0.717, 1.165) is 118 Å². The van der Waals surface area contributed by atoms with E-state index in [1.54, 1.807) is 133 Å². The smallest absolute Gasteiger partial charge is 0.258 e. The maximum Gasteiger partial charge on any atom is 0.258 e. The van der Waals surface area contributed by atoms with Crippen molar-refractivity contribution in [3.63, 3.8) is 0 Å². The molecule has 5 aliphatic rings. The molecular formula is C108H99F7N10O5S5. The number of aryl methyl sites for hydroxylation is 8. The quantitative estimate of drug-likeness (QED) is 0.0465. The number of halogens is 7. The van der Waals surface area contributed by atoms with Crippen LogP contribution in [0, 0.1) is 61.5 Å². The summed E-state index contributed by atoms with van der Waals surface area (Å²) in [5.74, 6) is -2.73. The molecule has 0 saturated carbocycles. The van der Waals surface area contributed by atoms with E-state index in [0.29, 0.717) is 71.9 Å². The van der Waals surface area contributed by atoms with E-state index < -0.39 is 12.0 Å². The van der Waals surface area contributed by atoms with Gasteiger partial charge in [0.15, 0.2) is 0 Å². The van der Waals surface area contributed by atoms with E-state index in [1.165, 1.54) is 115 Å². The highest BCUT2D eigenvalue weighted by atomic mass is 32.1.